The number of aromatic amines is 1. The van der Waals surface area contributed by atoms with Gasteiger partial charge in [0, 0.05) is 22.6 Å². The lowest BCUT2D eigenvalue weighted by atomic mass is 9.72. The summed E-state index contributed by atoms with van der Waals surface area (Å²) in [5.74, 6) is -0.416. The topological polar surface area (TPSA) is 55.0 Å². The molecule has 1 unspecified atom stereocenters. The van der Waals surface area contributed by atoms with Gasteiger partial charge in [-0.25, -0.2) is 4.79 Å². The number of carbonyl (C=O) groups excluding carboxylic acids is 1. The molecule has 0 aliphatic heterocycles. The van der Waals surface area contributed by atoms with Gasteiger partial charge in [-0.15, -0.1) is 11.3 Å². The number of methoxy groups -OCH3 is 1. The van der Waals surface area contributed by atoms with E-state index in [-0.39, 0.29) is 5.41 Å². The summed E-state index contributed by atoms with van der Waals surface area (Å²) in [5, 5.41) is 9.29. The summed E-state index contributed by atoms with van der Waals surface area (Å²) in [6.07, 6.45) is 4.90. The zero-order valence-electron chi connectivity index (χ0n) is 13.2. The van der Waals surface area contributed by atoms with Crippen LogP contribution in [0.25, 0.3) is 6.08 Å². The second-order valence-electron chi connectivity index (χ2n) is 5.78. The van der Waals surface area contributed by atoms with Crippen molar-refractivity contribution in [2.45, 2.75) is 11.8 Å². The Balaban J connectivity index is 1.86. The zero-order chi connectivity index (χ0) is 16.6. The highest BCUT2D eigenvalue weighted by atomic mass is 32.1. The van der Waals surface area contributed by atoms with E-state index >= 15 is 0 Å². The van der Waals surface area contributed by atoms with Gasteiger partial charge < -0.3 is 4.74 Å². The molecule has 0 bridgehead atoms. The van der Waals surface area contributed by atoms with Gasteiger partial charge in [-0.05, 0) is 17.0 Å². The summed E-state index contributed by atoms with van der Waals surface area (Å²) in [7, 11) is 1.37. The summed E-state index contributed by atoms with van der Waals surface area (Å²) < 4.78 is 4.82. The fourth-order valence-electron chi connectivity index (χ4n) is 3.29. The maximum atomic E-state index is 11.9. The van der Waals surface area contributed by atoms with Crippen LogP contribution in [0.15, 0.2) is 53.9 Å². The number of carbonyl (C=O) groups is 1. The van der Waals surface area contributed by atoms with Gasteiger partial charge in [-0.2, -0.15) is 5.10 Å². The molecule has 2 heterocycles. The Labute approximate surface area is 143 Å². The quantitative estimate of drug-likeness (QED) is 0.740. The van der Waals surface area contributed by atoms with Crippen molar-refractivity contribution in [1.82, 2.24) is 10.2 Å². The predicted octanol–water partition coefficient (Wildman–Crippen LogP) is 3.81. The second-order valence-corrected chi connectivity index (χ2v) is 6.73. The first-order valence-corrected chi connectivity index (χ1v) is 8.57. The van der Waals surface area contributed by atoms with E-state index in [2.05, 4.69) is 58.1 Å². The number of ether oxygens (including phenoxy) is 1. The van der Waals surface area contributed by atoms with Gasteiger partial charge in [-0.3, -0.25) is 5.10 Å². The molecule has 0 saturated carbocycles. The van der Waals surface area contributed by atoms with E-state index in [1.54, 1.807) is 11.3 Å². The lowest BCUT2D eigenvalue weighted by Crippen LogP contribution is -2.29. The standard InChI is InChI=1S/C19H16N2O2S/c1-23-18(22)17-14-9-10-19(12-15(14)20-21-17,16-8-5-11-24-16)13-6-3-2-4-7-13/h2-11H,12H2,1H3,(H,20,21). The molecule has 1 aliphatic carbocycles. The highest BCUT2D eigenvalue weighted by Crippen LogP contribution is 2.43. The summed E-state index contributed by atoms with van der Waals surface area (Å²) in [4.78, 5) is 13.1. The Morgan fingerprint density at radius 3 is 2.79 bits per heavy atom. The molecule has 1 N–H and O–H groups in total. The van der Waals surface area contributed by atoms with Crippen LogP contribution in [0, 0.1) is 0 Å². The van der Waals surface area contributed by atoms with Crippen molar-refractivity contribution in [2.24, 2.45) is 0 Å². The number of rotatable bonds is 3. The third-order valence-electron chi connectivity index (χ3n) is 4.50. The van der Waals surface area contributed by atoms with Gasteiger partial charge in [0.2, 0.25) is 0 Å². The first kappa shape index (κ1) is 14.9. The first-order chi connectivity index (χ1) is 11.7. The van der Waals surface area contributed by atoms with E-state index in [4.69, 9.17) is 4.74 Å². The van der Waals surface area contributed by atoms with Crippen molar-refractivity contribution in [3.63, 3.8) is 0 Å². The van der Waals surface area contributed by atoms with Gasteiger partial charge in [0.1, 0.15) is 0 Å². The summed E-state index contributed by atoms with van der Waals surface area (Å²) in [6.45, 7) is 0. The predicted molar refractivity (Wildman–Crippen MR) is 94.2 cm³/mol. The van der Waals surface area contributed by atoms with Crippen molar-refractivity contribution in [3.8, 4) is 0 Å². The number of H-pyrrole nitrogens is 1. The highest BCUT2D eigenvalue weighted by Gasteiger charge is 2.37. The van der Waals surface area contributed by atoms with Crippen LogP contribution >= 0.6 is 11.3 Å². The Kier molecular flexibility index (Phi) is 3.58. The molecule has 0 saturated heterocycles. The number of thiophene rings is 1. The number of aromatic nitrogens is 2. The van der Waals surface area contributed by atoms with Crippen LogP contribution in [0.1, 0.15) is 32.2 Å². The van der Waals surface area contributed by atoms with Crippen LogP contribution in [-0.4, -0.2) is 23.3 Å². The van der Waals surface area contributed by atoms with Crippen molar-refractivity contribution in [1.29, 1.82) is 0 Å². The molecule has 1 aliphatic rings. The van der Waals surface area contributed by atoms with E-state index in [1.165, 1.54) is 17.6 Å². The van der Waals surface area contributed by atoms with Crippen molar-refractivity contribution in [2.75, 3.05) is 7.11 Å². The van der Waals surface area contributed by atoms with E-state index in [9.17, 15) is 4.79 Å². The van der Waals surface area contributed by atoms with E-state index in [0.29, 0.717) is 5.69 Å². The number of esters is 1. The molecule has 2 aromatic heterocycles. The molecular formula is C19H16N2O2S. The first-order valence-electron chi connectivity index (χ1n) is 7.69. The molecule has 0 radical (unpaired) electrons. The average Bonchev–Trinajstić information content (AvgIpc) is 3.31. The number of fused-ring (bicyclic) bond motifs is 1. The molecule has 1 atom stereocenters. The molecule has 120 valence electrons. The van der Waals surface area contributed by atoms with Crippen LogP contribution < -0.4 is 0 Å². The summed E-state index contributed by atoms with van der Waals surface area (Å²) in [5.41, 5.74) is 3.10. The number of nitrogens with zero attached hydrogens (tertiary/aromatic N) is 1. The van der Waals surface area contributed by atoms with Crippen LogP contribution in [0.4, 0.5) is 0 Å². The SMILES string of the molecule is COC(=O)c1n[nH]c2c1C=CC(c1ccccc1)(c1cccs1)C2. The van der Waals surface area contributed by atoms with Crippen LogP contribution in [-0.2, 0) is 16.6 Å². The molecule has 4 nitrogen and oxygen atoms in total. The molecule has 24 heavy (non-hydrogen) atoms. The Hall–Kier alpha value is -2.66. The number of benzene rings is 1. The van der Waals surface area contributed by atoms with Gasteiger partial charge in [0.15, 0.2) is 5.69 Å². The average molecular weight is 336 g/mol. The summed E-state index contributed by atoms with van der Waals surface area (Å²) >= 11 is 1.74. The van der Waals surface area contributed by atoms with Gasteiger partial charge in [0.05, 0.1) is 12.5 Å². The minimum Gasteiger partial charge on any atom is -0.464 e. The number of hydrogen-bond donors (Lipinski definition) is 1. The smallest absolute Gasteiger partial charge is 0.359 e. The normalized spacial score (nSPS) is 19.0. The van der Waals surface area contributed by atoms with E-state index in [1.807, 2.05) is 12.1 Å². The molecule has 0 spiro atoms. The minimum atomic E-state index is -0.416. The van der Waals surface area contributed by atoms with Crippen LogP contribution in [0.5, 0.6) is 0 Å². The second kappa shape index (κ2) is 5.76. The molecule has 4 rings (SSSR count). The molecule has 5 heteroatoms. The van der Waals surface area contributed by atoms with Gasteiger partial charge in [0.25, 0.3) is 0 Å². The maximum absolute atomic E-state index is 11.9. The molecule has 1 aromatic carbocycles. The third-order valence-corrected chi connectivity index (χ3v) is 5.55. The van der Waals surface area contributed by atoms with Gasteiger partial charge >= 0.3 is 5.97 Å². The fraction of sp³-hybridized carbons (Fsp3) is 0.158. The van der Waals surface area contributed by atoms with E-state index < -0.39 is 5.97 Å². The number of nitrogens with one attached hydrogen (secondary N) is 1. The van der Waals surface area contributed by atoms with Crippen molar-refractivity contribution in [3.05, 3.63) is 81.3 Å². The Morgan fingerprint density at radius 2 is 2.08 bits per heavy atom. The van der Waals surface area contributed by atoms with Gasteiger partial charge in [-0.1, -0.05) is 48.6 Å². The fourth-order valence-corrected chi connectivity index (χ4v) is 4.22. The van der Waals surface area contributed by atoms with Crippen LogP contribution in [0.3, 0.4) is 0 Å². The molecule has 0 amide bonds. The largest absolute Gasteiger partial charge is 0.464 e. The molecule has 3 aromatic rings. The Bertz CT molecular complexity index is 897. The third kappa shape index (κ3) is 2.20. The van der Waals surface area contributed by atoms with Crippen molar-refractivity contribution >= 4 is 23.4 Å². The number of hydrogen-bond acceptors (Lipinski definition) is 4. The lowest BCUT2D eigenvalue weighted by molar-refractivity contribution is 0.0593. The van der Waals surface area contributed by atoms with E-state index in [0.717, 1.165) is 17.7 Å². The summed E-state index contributed by atoms with van der Waals surface area (Å²) in [6, 6.07) is 14.7. The molecular weight excluding hydrogens is 320 g/mol. The maximum Gasteiger partial charge on any atom is 0.359 e. The zero-order valence-corrected chi connectivity index (χ0v) is 14.0. The minimum absolute atomic E-state index is 0.248. The van der Waals surface area contributed by atoms with Crippen LogP contribution in [0.2, 0.25) is 0 Å². The highest BCUT2D eigenvalue weighted by molar-refractivity contribution is 7.10. The monoisotopic (exact) mass is 336 g/mol. The number of allylic oxidation sites excluding steroid dienone is 1. The Morgan fingerprint density at radius 1 is 1.25 bits per heavy atom. The van der Waals surface area contributed by atoms with Crippen molar-refractivity contribution < 1.29 is 9.53 Å². The molecule has 0 fully saturated rings. The lowest BCUT2D eigenvalue weighted by Gasteiger charge is -2.33.